The van der Waals surface area contributed by atoms with Gasteiger partial charge in [0.05, 0.1) is 0 Å². The fourth-order valence-electron chi connectivity index (χ4n) is 3.17. The lowest BCUT2D eigenvalue weighted by Gasteiger charge is -2.25. The van der Waals surface area contributed by atoms with Crippen molar-refractivity contribution < 1.29 is 9.59 Å². The van der Waals surface area contributed by atoms with Crippen LogP contribution in [0.1, 0.15) is 57.9 Å². The highest BCUT2D eigenvalue weighted by molar-refractivity contribution is 5.88. The monoisotopic (exact) mass is 331 g/mol. The maximum absolute atomic E-state index is 12.5. The van der Waals surface area contributed by atoms with E-state index in [2.05, 4.69) is 29.5 Å². The van der Waals surface area contributed by atoms with Crippen molar-refractivity contribution in [1.29, 1.82) is 0 Å². The van der Waals surface area contributed by atoms with E-state index in [0.717, 1.165) is 31.2 Å². The highest BCUT2D eigenvalue weighted by Gasteiger charge is 2.27. The molecule has 0 unspecified atom stereocenters. The van der Waals surface area contributed by atoms with Crippen molar-refractivity contribution in [1.82, 2.24) is 15.6 Å². The van der Waals surface area contributed by atoms with Gasteiger partial charge in [-0.1, -0.05) is 39.2 Å². The molecule has 1 aliphatic rings. The summed E-state index contributed by atoms with van der Waals surface area (Å²) >= 11 is 0. The normalized spacial score (nSPS) is 16.6. The fraction of sp³-hybridized carbons (Fsp3) is 0.632. The van der Waals surface area contributed by atoms with Crippen LogP contribution < -0.4 is 10.6 Å². The Kier molecular flexibility index (Phi) is 7.22. The van der Waals surface area contributed by atoms with Gasteiger partial charge in [0.15, 0.2) is 0 Å². The van der Waals surface area contributed by atoms with Crippen LogP contribution in [0.15, 0.2) is 24.5 Å². The van der Waals surface area contributed by atoms with Gasteiger partial charge in [-0.3, -0.25) is 14.6 Å². The minimum absolute atomic E-state index is 0.0388. The Morgan fingerprint density at radius 2 is 2.00 bits per heavy atom. The first kappa shape index (κ1) is 18.4. The first-order chi connectivity index (χ1) is 11.6. The lowest BCUT2D eigenvalue weighted by molar-refractivity contribution is -0.132. The predicted molar refractivity (Wildman–Crippen MR) is 94.0 cm³/mol. The van der Waals surface area contributed by atoms with Crippen molar-refractivity contribution >= 4 is 11.8 Å². The number of rotatable bonds is 7. The second kappa shape index (κ2) is 9.40. The zero-order valence-corrected chi connectivity index (χ0v) is 14.8. The lowest BCUT2D eigenvalue weighted by atomic mass is 9.88. The number of carbonyl (C=O) groups is 2. The molecule has 132 valence electrons. The molecule has 0 aliphatic heterocycles. The highest BCUT2D eigenvalue weighted by Crippen LogP contribution is 2.24. The number of nitrogens with one attached hydrogen (secondary N) is 2. The molecule has 2 rings (SSSR count). The molecule has 0 spiro atoms. The maximum atomic E-state index is 12.5. The molecule has 1 saturated carbocycles. The molecule has 0 radical (unpaired) electrons. The topological polar surface area (TPSA) is 71.1 Å². The molecule has 5 heteroatoms. The molecule has 1 aliphatic carbocycles. The molecule has 1 aromatic heterocycles. The van der Waals surface area contributed by atoms with Gasteiger partial charge < -0.3 is 10.6 Å². The van der Waals surface area contributed by atoms with E-state index in [1.54, 1.807) is 12.4 Å². The van der Waals surface area contributed by atoms with Crippen LogP contribution in [0.5, 0.6) is 0 Å². The summed E-state index contributed by atoms with van der Waals surface area (Å²) in [7, 11) is 0. The van der Waals surface area contributed by atoms with Crippen molar-refractivity contribution in [2.45, 2.75) is 65.0 Å². The average Bonchev–Trinajstić information content (AvgIpc) is 2.60. The molecule has 2 N–H and O–H groups in total. The van der Waals surface area contributed by atoms with Crippen molar-refractivity contribution in [2.24, 2.45) is 11.8 Å². The summed E-state index contributed by atoms with van der Waals surface area (Å²) < 4.78 is 0. The predicted octanol–water partition coefficient (Wildman–Crippen LogP) is 2.81. The smallest absolute Gasteiger partial charge is 0.242 e. The van der Waals surface area contributed by atoms with Crippen LogP contribution in [0.25, 0.3) is 0 Å². The third-order valence-electron chi connectivity index (χ3n) is 4.51. The van der Waals surface area contributed by atoms with E-state index >= 15 is 0 Å². The fourth-order valence-corrected chi connectivity index (χ4v) is 3.17. The number of aromatic nitrogens is 1. The molecule has 2 amide bonds. The molecular formula is C19H29N3O2. The Bertz CT molecular complexity index is 525. The summed E-state index contributed by atoms with van der Waals surface area (Å²) in [4.78, 5) is 29.0. The van der Waals surface area contributed by atoms with Crippen LogP contribution in [0, 0.1) is 11.8 Å². The van der Waals surface area contributed by atoms with Gasteiger partial charge in [-0.2, -0.15) is 0 Å². The molecule has 1 atom stereocenters. The number of carbonyl (C=O) groups excluding carboxylic acids is 2. The van der Waals surface area contributed by atoms with Crippen molar-refractivity contribution in [3.63, 3.8) is 0 Å². The number of nitrogens with zero attached hydrogens (tertiary/aromatic N) is 1. The van der Waals surface area contributed by atoms with Gasteiger partial charge in [0.25, 0.3) is 0 Å². The quantitative estimate of drug-likeness (QED) is 0.807. The largest absolute Gasteiger partial charge is 0.350 e. The van der Waals surface area contributed by atoms with Crippen molar-refractivity contribution in [3.8, 4) is 0 Å². The second-order valence-electron chi connectivity index (χ2n) is 7.10. The summed E-state index contributed by atoms with van der Waals surface area (Å²) in [6.45, 7) is 4.56. The zero-order chi connectivity index (χ0) is 17.4. The Balaban J connectivity index is 1.90. The third kappa shape index (κ3) is 5.95. The van der Waals surface area contributed by atoms with E-state index in [1.165, 1.54) is 6.42 Å². The molecular weight excluding hydrogens is 302 g/mol. The van der Waals surface area contributed by atoms with E-state index in [4.69, 9.17) is 0 Å². The lowest BCUT2D eigenvalue weighted by Crippen LogP contribution is -2.49. The molecule has 24 heavy (non-hydrogen) atoms. The number of amides is 2. The van der Waals surface area contributed by atoms with Crippen LogP contribution in [0.2, 0.25) is 0 Å². The van der Waals surface area contributed by atoms with Gasteiger partial charge in [-0.25, -0.2) is 0 Å². The highest BCUT2D eigenvalue weighted by atomic mass is 16.2. The maximum Gasteiger partial charge on any atom is 0.242 e. The third-order valence-corrected chi connectivity index (χ3v) is 4.51. The molecule has 0 aromatic carbocycles. The standard InChI is InChI=1S/C19H29N3O2/c1-14(2)11-17(22-18(23)16-8-4-3-5-9-16)19(24)21-13-15-7-6-10-20-12-15/h6-7,10,12,14,16-17H,3-5,8-9,11,13H2,1-2H3,(H,21,24)(H,22,23)/t17-/m1/s1. The molecule has 1 fully saturated rings. The molecule has 5 nitrogen and oxygen atoms in total. The Morgan fingerprint density at radius 1 is 1.25 bits per heavy atom. The van der Waals surface area contributed by atoms with Gasteiger partial charge in [-0.15, -0.1) is 0 Å². The summed E-state index contributed by atoms with van der Waals surface area (Å²) in [6.07, 6.45) is 9.41. The van der Waals surface area contributed by atoms with Crippen LogP contribution in [-0.2, 0) is 16.1 Å². The Labute approximate surface area is 144 Å². The van der Waals surface area contributed by atoms with Gasteiger partial charge in [0.1, 0.15) is 6.04 Å². The zero-order valence-electron chi connectivity index (χ0n) is 14.8. The number of hydrogen-bond acceptors (Lipinski definition) is 3. The van der Waals surface area contributed by atoms with Gasteiger partial charge in [-0.05, 0) is 36.8 Å². The Hall–Kier alpha value is -1.91. The minimum Gasteiger partial charge on any atom is -0.350 e. The first-order valence-corrected chi connectivity index (χ1v) is 9.03. The summed E-state index contributed by atoms with van der Waals surface area (Å²) in [5, 5.41) is 5.91. The van der Waals surface area contributed by atoms with Crippen LogP contribution >= 0.6 is 0 Å². The van der Waals surface area contributed by atoms with Gasteiger partial charge in [0.2, 0.25) is 11.8 Å². The number of hydrogen-bond donors (Lipinski definition) is 2. The molecule has 0 bridgehead atoms. The summed E-state index contributed by atoms with van der Waals surface area (Å²) in [6, 6.07) is 3.31. The average molecular weight is 331 g/mol. The van der Waals surface area contributed by atoms with E-state index in [1.807, 2.05) is 12.1 Å². The summed E-state index contributed by atoms with van der Waals surface area (Å²) in [5.74, 6) is 0.332. The van der Waals surface area contributed by atoms with Crippen molar-refractivity contribution in [2.75, 3.05) is 0 Å². The molecule has 1 aromatic rings. The first-order valence-electron chi connectivity index (χ1n) is 9.03. The van der Waals surface area contributed by atoms with Gasteiger partial charge >= 0.3 is 0 Å². The minimum atomic E-state index is -0.462. The van der Waals surface area contributed by atoms with E-state index in [9.17, 15) is 9.59 Å². The van der Waals surface area contributed by atoms with Crippen molar-refractivity contribution in [3.05, 3.63) is 30.1 Å². The second-order valence-corrected chi connectivity index (χ2v) is 7.10. The van der Waals surface area contributed by atoms with Crippen LogP contribution in [-0.4, -0.2) is 22.8 Å². The van der Waals surface area contributed by atoms with E-state index in [0.29, 0.717) is 18.9 Å². The summed E-state index contributed by atoms with van der Waals surface area (Å²) in [5.41, 5.74) is 0.952. The van der Waals surface area contributed by atoms with Crippen LogP contribution in [0.3, 0.4) is 0 Å². The van der Waals surface area contributed by atoms with E-state index < -0.39 is 6.04 Å². The van der Waals surface area contributed by atoms with E-state index in [-0.39, 0.29) is 17.7 Å². The molecule has 0 saturated heterocycles. The Morgan fingerprint density at radius 3 is 2.62 bits per heavy atom. The van der Waals surface area contributed by atoms with Crippen LogP contribution in [0.4, 0.5) is 0 Å². The number of pyridine rings is 1. The SMILES string of the molecule is CC(C)C[C@@H](NC(=O)C1CCCCC1)C(=O)NCc1cccnc1. The van der Waals surface area contributed by atoms with Gasteiger partial charge in [0, 0.05) is 24.9 Å². The molecule has 1 heterocycles.